The molecule has 1 aromatic carbocycles. The van der Waals surface area contributed by atoms with Gasteiger partial charge in [0.05, 0.1) is 17.6 Å². The van der Waals surface area contributed by atoms with Crippen LogP contribution in [0.5, 0.6) is 0 Å². The molecule has 0 aliphatic rings. The van der Waals surface area contributed by atoms with E-state index in [0.29, 0.717) is 23.4 Å². The normalized spacial score (nSPS) is 13.8. The van der Waals surface area contributed by atoms with Crippen LogP contribution in [-0.4, -0.2) is 21.8 Å². The second-order valence-electron chi connectivity index (χ2n) is 4.91. The Morgan fingerprint density at radius 1 is 1.30 bits per heavy atom. The molecule has 0 radical (unpaired) electrons. The number of nitrogens with one attached hydrogen (secondary N) is 1. The quantitative estimate of drug-likeness (QED) is 0.911. The fourth-order valence-corrected chi connectivity index (χ4v) is 2.03. The summed E-state index contributed by atoms with van der Waals surface area (Å²) in [5, 5.41) is 3.19. The van der Waals surface area contributed by atoms with Gasteiger partial charge in [0, 0.05) is 6.04 Å². The lowest BCUT2D eigenvalue weighted by Gasteiger charge is -2.14. The van der Waals surface area contributed by atoms with E-state index in [4.69, 9.17) is 0 Å². The SMILES string of the molecule is CCC(C)NCc1nc2ccccc2n1CC(F)(F)F. The van der Waals surface area contributed by atoms with E-state index < -0.39 is 12.7 Å². The first-order valence-corrected chi connectivity index (χ1v) is 6.65. The Hall–Kier alpha value is -1.56. The first-order valence-electron chi connectivity index (χ1n) is 6.65. The van der Waals surface area contributed by atoms with Crippen molar-refractivity contribution in [3.63, 3.8) is 0 Å². The summed E-state index contributed by atoms with van der Waals surface area (Å²) in [7, 11) is 0. The third-order valence-corrected chi connectivity index (χ3v) is 3.29. The highest BCUT2D eigenvalue weighted by Gasteiger charge is 2.30. The van der Waals surface area contributed by atoms with Gasteiger partial charge in [0.1, 0.15) is 12.4 Å². The molecule has 0 fully saturated rings. The van der Waals surface area contributed by atoms with Crippen LogP contribution in [-0.2, 0) is 13.1 Å². The molecule has 0 amide bonds. The highest BCUT2D eigenvalue weighted by molar-refractivity contribution is 5.75. The van der Waals surface area contributed by atoms with Crippen LogP contribution in [0.1, 0.15) is 26.1 Å². The molecule has 0 saturated heterocycles. The van der Waals surface area contributed by atoms with Gasteiger partial charge in [-0.3, -0.25) is 0 Å². The number of halogens is 3. The molecule has 0 spiro atoms. The first-order chi connectivity index (χ1) is 9.40. The number of para-hydroxylation sites is 2. The zero-order valence-corrected chi connectivity index (χ0v) is 11.5. The fraction of sp³-hybridized carbons (Fsp3) is 0.500. The maximum Gasteiger partial charge on any atom is 0.406 e. The number of benzene rings is 1. The van der Waals surface area contributed by atoms with E-state index in [1.165, 1.54) is 4.57 Å². The van der Waals surface area contributed by atoms with E-state index in [1.807, 2.05) is 13.8 Å². The summed E-state index contributed by atoms with van der Waals surface area (Å²) in [6.45, 7) is 3.35. The van der Waals surface area contributed by atoms with Crippen molar-refractivity contribution < 1.29 is 13.2 Å². The number of fused-ring (bicyclic) bond motifs is 1. The van der Waals surface area contributed by atoms with Crippen molar-refractivity contribution in [2.24, 2.45) is 0 Å². The molecule has 6 heteroatoms. The molecule has 3 nitrogen and oxygen atoms in total. The van der Waals surface area contributed by atoms with Crippen LogP contribution in [0.2, 0.25) is 0 Å². The molecule has 20 heavy (non-hydrogen) atoms. The lowest BCUT2D eigenvalue weighted by molar-refractivity contribution is -0.140. The van der Waals surface area contributed by atoms with Crippen LogP contribution < -0.4 is 5.32 Å². The first kappa shape index (κ1) is 14.8. The van der Waals surface area contributed by atoms with Crippen molar-refractivity contribution in [1.29, 1.82) is 0 Å². The van der Waals surface area contributed by atoms with Crippen molar-refractivity contribution in [2.75, 3.05) is 0 Å². The standard InChI is InChI=1S/C14H18F3N3/c1-3-10(2)18-8-13-19-11-6-4-5-7-12(11)20(13)9-14(15,16)17/h4-7,10,18H,3,8-9H2,1-2H3. The predicted octanol–water partition coefficient (Wildman–Crippen LogP) is 3.49. The van der Waals surface area contributed by atoms with Gasteiger partial charge in [0.2, 0.25) is 0 Å². The van der Waals surface area contributed by atoms with Crippen molar-refractivity contribution in [2.45, 2.75) is 45.6 Å². The van der Waals surface area contributed by atoms with Gasteiger partial charge < -0.3 is 9.88 Å². The zero-order chi connectivity index (χ0) is 14.8. The number of imidazole rings is 1. The van der Waals surface area contributed by atoms with Gasteiger partial charge in [-0.1, -0.05) is 19.1 Å². The number of aromatic nitrogens is 2. The molecule has 2 aromatic rings. The number of nitrogens with zero attached hydrogens (tertiary/aromatic N) is 2. The molecule has 1 aromatic heterocycles. The third-order valence-electron chi connectivity index (χ3n) is 3.29. The minimum Gasteiger partial charge on any atom is -0.318 e. The predicted molar refractivity (Wildman–Crippen MR) is 72.4 cm³/mol. The van der Waals surface area contributed by atoms with E-state index in [2.05, 4.69) is 10.3 Å². The largest absolute Gasteiger partial charge is 0.406 e. The minimum atomic E-state index is -4.26. The summed E-state index contributed by atoms with van der Waals surface area (Å²) in [6.07, 6.45) is -3.34. The van der Waals surface area contributed by atoms with Crippen LogP contribution in [0.4, 0.5) is 13.2 Å². The third kappa shape index (κ3) is 3.50. The molecule has 0 saturated carbocycles. The maximum atomic E-state index is 12.7. The summed E-state index contributed by atoms with van der Waals surface area (Å²) in [6, 6.07) is 7.15. The average molecular weight is 285 g/mol. The molecule has 0 bridgehead atoms. The molecule has 1 atom stereocenters. The molecule has 110 valence electrons. The number of hydrogen-bond donors (Lipinski definition) is 1. The summed E-state index contributed by atoms with van der Waals surface area (Å²) < 4.78 is 39.4. The summed E-state index contributed by atoms with van der Waals surface area (Å²) in [5.74, 6) is 0.420. The second-order valence-corrected chi connectivity index (χ2v) is 4.91. The second kappa shape index (κ2) is 5.83. The van der Waals surface area contributed by atoms with E-state index >= 15 is 0 Å². The van der Waals surface area contributed by atoms with Crippen molar-refractivity contribution in [1.82, 2.24) is 14.9 Å². The summed E-state index contributed by atoms with van der Waals surface area (Å²) in [4.78, 5) is 4.30. The van der Waals surface area contributed by atoms with Gasteiger partial charge >= 0.3 is 6.18 Å². The van der Waals surface area contributed by atoms with Crippen molar-refractivity contribution >= 4 is 11.0 Å². The molecule has 1 N–H and O–H groups in total. The van der Waals surface area contributed by atoms with E-state index in [0.717, 1.165) is 6.42 Å². The van der Waals surface area contributed by atoms with Gasteiger partial charge in [-0.05, 0) is 25.5 Å². The topological polar surface area (TPSA) is 29.9 Å². The van der Waals surface area contributed by atoms with E-state index in [-0.39, 0.29) is 6.04 Å². The van der Waals surface area contributed by atoms with Crippen LogP contribution >= 0.6 is 0 Å². The Bertz CT molecular complexity index is 575. The highest BCUT2D eigenvalue weighted by Crippen LogP contribution is 2.23. The minimum absolute atomic E-state index is 0.245. The smallest absolute Gasteiger partial charge is 0.318 e. The van der Waals surface area contributed by atoms with Gasteiger partial charge in [-0.25, -0.2) is 4.98 Å². The average Bonchev–Trinajstić information content (AvgIpc) is 2.72. The van der Waals surface area contributed by atoms with Crippen molar-refractivity contribution in [3.05, 3.63) is 30.1 Å². The van der Waals surface area contributed by atoms with Crippen LogP contribution in [0, 0.1) is 0 Å². The number of alkyl halides is 3. The van der Waals surface area contributed by atoms with Gasteiger partial charge in [-0.15, -0.1) is 0 Å². The van der Waals surface area contributed by atoms with E-state index in [9.17, 15) is 13.2 Å². The molecular weight excluding hydrogens is 267 g/mol. The van der Waals surface area contributed by atoms with Crippen LogP contribution in [0.3, 0.4) is 0 Å². The zero-order valence-electron chi connectivity index (χ0n) is 11.5. The fourth-order valence-electron chi connectivity index (χ4n) is 2.03. The monoisotopic (exact) mass is 285 g/mol. The van der Waals surface area contributed by atoms with Gasteiger partial charge in [0.15, 0.2) is 0 Å². The Morgan fingerprint density at radius 3 is 2.65 bits per heavy atom. The highest BCUT2D eigenvalue weighted by atomic mass is 19.4. The Kier molecular flexibility index (Phi) is 4.32. The van der Waals surface area contributed by atoms with Gasteiger partial charge in [0.25, 0.3) is 0 Å². The Balaban J connectivity index is 2.34. The Morgan fingerprint density at radius 2 is 2.00 bits per heavy atom. The maximum absolute atomic E-state index is 12.7. The summed E-state index contributed by atoms with van der Waals surface area (Å²) in [5.41, 5.74) is 1.11. The number of rotatable bonds is 5. The molecule has 1 unspecified atom stereocenters. The molecule has 0 aliphatic carbocycles. The lowest BCUT2D eigenvalue weighted by Crippen LogP contribution is -2.27. The lowest BCUT2D eigenvalue weighted by atomic mass is 10.2. The van der Waals surface area contributed by atoms with E-state index in [1.54, 1.807) is 24.3 Å². The number of hydrogen-bond acceptors (Lipinski definition) is 2. The van der Waals surface area contributed by atoms with Gasteiger partial charge in [-0.2, -0.15) is 13.2 Å². The molecule has 0 aliphatic heterocycles. The van der Waals surface area contributed by atoms with Crippen LogP contribution in [0.25, 0.3) is 11.0 Å². The molecule has 2 rings (SSSR count). The molecule has 1 heterocycles. The Labute approximate surface area is 115 Å². The van der Waals surface area contributed by atoms with Crippen molar-refractivity contribution in [3.8, 4) is 0 Å². The van der Waals surface area contributed by atoms with Crippen LogP contribution in [0.15, 0.2) is 24.3 Å². The summed E-state index contributed by atoms with van der Waals surface area (Å²) >= 11 is 0. The molecular formula is C14H18F3N3.